The van der Waals surface area contributed by atoms with Crippen molar-refractivity contribution < 1.29 is 9.90 Å². The summed E-state index contributed by atoms with van der Waals surface area (Å²) in [5.74, 6) is 0. The van der Waals surface area contributed by atoms with Crippen LogP contribution in [0.5, 0.6) is 0 Å². The average Bonchev–Trinajstić information content (AvgIpc) is 2.73. The summed E-state index contributed by atoms with van der Waals surface area (Å²) in [5.41, 5.74) is 3.47. The van der Waals surface area contributed by atoms with Gasteiger partial charge in [0.05, 0.1) is 6.04 Å². The van der Waals surface area contributed by atoms with Gasteiger partial charge in [-0.2, -0.15) is 0 Å². The van der Waals surface area contributed by atoms with Gasteiger partial charge >= 0.3 is 6.03 Å². The van der Waals surface area contributed by atoms with Crippen LogP contribution in [0.4, 0.5) is 4.79 Å². The van der Waals surface area contributed by atoms with E-state index < -0.39 is 0 Å². The van der Waals surface area contributed by atoms with Crippen molar-refractivity contribution in [2.24, 2.45) is 0 Å². The Balaban J connectivity index is 1.51. The van der Waals surface area contributed by atoms with Crippen LogP contribution in [-0.4, -0.2) is 60.3 Å². The van der Waals surface area contributed by atoms with Crippen LogP contribution in [0.2, 0.25) is 0 Å². The molecule has 0 bridgehead atoms. The summed E-state index contributed by atoms with van der Waals surface area (Å²) in [7, 11) is 0. The molecule has 0 aromatic heterocycles. The lowest BCUT2D eigenvalue weighted by Gasteiger charge is -2.35. The van der Waals surface area contributed by atoms with Crippen molar-refractivity contribution >= 4 is 6.03 Å². The van der Waals surface area contributed by atoms with Crippen LogP contribution in [0.3, 0.4) is 0 Å². The van der Waals surface area contributed by atoms with E-state index in [0.717, 1.165) is 44.7 Å². The van der Waals surface area contributed by atoms with Gasteiger partial charge < -0.3 is 15.3 Å². The zero-order valence-corrected chi connectivity index (χ0v) is 16.0. The first-order valence-corrected chi connectivity index (χ1v) is 9.71. The maximum Gasteiger partial charge on any atom is 0.317 e. The van der Waals surface area contributed by atoms with Gasteiger partial charge in [0, 0.05) is 39.3 Å². The maximum atomic E-state index is 12.5. The van der Waals surface area contributed by atoms with Crippen LogP contribution in [0.25, 0.3) is 11.1 Å². The third kappa shape index (κ3) is 5.31. The number of carbonyl (C=O) groups excluding carboxylic acids is 1. The smallest absolute Gasteiger partial charge is 0.317 e. The molecule has 5 heteroatoms. The molecule has 1 aliphatic rings. The van der Waals surface area contributed by atoms with Gasteiger partial charge in [0.2, 0.25) is 0 Å². The molecule has 2 N–H and O–H groups in total. The fourth-order valence-corrected chi connectivity index (χ4v) is 3.42. The number of amides is 2. The molecule has 3 rings (SSSR count). The molecule has 1 atom stereocenters. The number of hydrogen-bond acceptors (Lipinski definition) is 3. The Morgan fingerprint density at radius 1 is 1.00 bits per heavy atom. The minimum absolute atomic E-state index is 0.00329. The number of nitrogens with one attached hydrogen (secondary N) is 1. The standard InChI is InChI=1S/C22H29N3O2/c1-18(19-8-10-21(11-9-19)20-6-3-2-4-7-20)23-22(27)25-15-13-24(14-16-25)12-5-17-26/h2-4,6-11,18,26H,5,12-17H2,1H3,(H,23,27)/t18-/m1/s1. The van der Waals surface area contributed by atoms with Gasteiger partial charge in [0.15, 0.2) is 0 Å². The van der Waals surface area contributed by atoms with Crippen LogP contribution < -0.4 is 5.32 Å². The Kier molecular flexibility index (Phi) is 6.85. The summed E-state index contributed by atoms with van der Waals surface area (Å²) >= 11 is 0. The SMILES string of the molecule is C[C@@H](NC(=O)N1CCN(CCCO)CC1)c1ccc(-c2ccccc2)cc1. The number of urea groups is 1. The zero-order chi connectivity index (χ0) is 19.1. The van der Waals surface area contributed by atoms with Crippen molar-refractivity contribution in [1.82, 2.24) is 15.1 Å². The van der Waals surface area contributed by atoms with Crippen LogP contribution in [0, 0.1) is 0 Å². The number of benzene rings is 2. The van der Waals surface area contributed by atoms with E-state index in [4.69, 9.17) is 5.11 Å². The van der Waals surface area contributed by atoms with Crippen LogP contribution in [-0.2, 0) is 0 Å². The van der Waals surface area contributed by atoms with E-state index in [1.54, 1.807) is 0 Å². The molecule has 2 amide bonds. The van der Waals surface area contributed by atoms with E-state index in [2.05, 4.69) is 46.6 Å². The second kappa shape index (κ2) is 9.53. The number of rotatable bonds is 6. The summed E-state index contributed by atoms with van der Waals surface area (Å²) in [6.45, 7) is 6.35. The molecule has 144 valence electrons. The van der Waals surface area contributed by atoms with E-state index in [9.17, 15) is 4.79 Å². The highest BCUT2D eigenvalue weighted by Gasteiger charge is 2.22. The lowest BCUT2D eigenvalue weighted by atomic mass is 10.0. The fraction of sp³-hybridized carbons (Fsp3) is 0.409. The van der Waals surface area contributed by atoms with Crippen molar-refractivity contribution in [3.8, 4) is 11.1 Å². The van der Waals surface area contributed by atoms with Gasteiger partial charge in [-0.1, -0.05) is 54.6 Å². The van der Waals surface area contributed by atoms with Gasteiger partial charge in [-0.05, 0) is 30.0 Å². The molecule has 0 radical (unpaired) electrons. The summed E-state index contributed by atoms with van der Waals surface area (Å²) < 4.78 is 0. The lowest BCUT2D eigenvalue weighted by molar-refractivity contribution is 0.131. The maximum absolute atomic E-state index is 12.5. The molecule has 5 nitrogen and oxygen atoms in total. The summed E-state index contributed by atoms with van der Waals surface area (Å²) in [4.78, 5) is 16.7. The minimum Gasteiger partial charge on any atom is -0.396 e. The molecule has 2 aromatic rings. The van der Waals surface area contributed by atoms with E-state index in [1.165, 1.54) is 11.1 Å². The highest BCUT2D eigenvalue weighted by Crippen LogP contribution is 2.22. The Labute approximate surface area is 161 Å². The Hall–Kier alpha value is -2.37. The predicted molar refractivity (Wildman–Crippen MR) is 109 cm³/mol. The quantitative estimate of drug-likeness (QED) is 0.825. The Morgan fingerprint density at radius 2 is 1.63 bits per heavy atom. The van der Waals surface area contributed by atoms with Gasteiger partial charge in [0.1, 0.15) is 0 Å². The monoisotopic (exact) mass is 367 g/mol. The molecular formula is C22H29N3O2. The van der Waals surface area contributed by atoms with Crippen molar-refractivity contribution in [1.29, 1.82) is 0 Å². The number of piperazine rings is 1. The molecule has 1 aliphatic heterocycles. The molecule has 27 heavy (non-hydrogen) atoms. The predicted octanol–water partition coefficient (Wildman–Crippen LogP) is 3.12. The average molecular weight is 367 g/mol. The molecule has 1 saturated heterocycles. The topological polar surface area (TPSA) is 55.8 Å². The molecule has 0 spiro atoms. The molecule has 1 fully saturated rings. The number of aliphatic hydroxyl groups is 1. The third-order valence-electron chi connectivity index (χ3n) is 5.15. The first-order valence-electron chi connectivity index (χ1n) is 9.71. The van der Waals surface area contributed by atoms with Gasteiger partial charge in [0.25, 0.3) is 0 Å². The normalized spacial score (nSPS) is 16.1. The van der Waals surface area contributed by atoms with Crippen LogP contribution >= 0.6 is 0 Å². The van der Waals surface area contributed by atoms with Crippen LogP contribution in [0.1, 0.15) is 24.9 Å². The highest BCUT2D eigenvalue weighted by atomic mass is 16.3. The fourth-order valence-electron chi connectivity index (χ4n) is 3.42. The van der Waals surface area contributed by atoms with Crippen molar-refractivity contribution in [3.63, 3.8) is 0 Å². The minimum atomic E-state index is -0.0326. The molecular weight excluding hydrogens is 338 g/mol. The van der Waals surface area contributed by atoms with E-state index >= 15 is 0 Å². The Bertz CT molecular complexity index is 710. The van der Waals surface area contributed by atoms with Crippen LogP contribution in [0.15, 0.2) is 54.6 Å². The van der Waals surface area contributed by atoms with E-state index in [1.807, 2.05) is 30.0 Å². The molecule has 0 aliphatic carbocycles. The van der Waals surface area contributed by atoms with Crippen molar-refractivity contribution in [2.45, 2.75) is 19.4 Å². The van der Waals surface area contributed by atoms with E-state index in [0.29, 0.717) is 0 Å². The van der Waals surface area contributed by atoms with E-state index in [-0.39, 0.29) is 18.7 Å². The summed E-state index contributed by atoms with van der Waals surface area (Å²) in [6.07, 6.45) is 0.794. The van der Waals surface area contributed by atoms with Crippen molar-refractivity contribution in [3.05, 3.63) is 60.2 Å². The second-order valence-corrected chi connectivity index (χ2v) is 7.07. The molecule has 0 saturated carbocycles. The van der Waals surface area contributed by atoms with Crippen molar-refractivity contribution in [2.75, 3.05) is 39.3 Å². The largest absolute Gasteiger partial charge is 0.396 e. The lowest BCUT2D eigenvalue weighted by Crippen LogP contribution is -2.52. The number of nitrogens with zero attached hydrogens (tertiary/aromatic N) is 2. The first kappa shape index (κ1) is 19.4. The molecule has 2 aromatic carbocycles. The first-order chi connectivity index (χ1) is 13.2. The number of aliphatic hydroxyl groups excluding tert-OH is 1. The summed E-state index contributed by atoms with van der Waals surface area (Å²) in [6, 6.07) is 18.6. The van der Waals surface area contributed by atoms with Gasteiger partial charge in [-0.25, -0.2) is 4.79 Å². The second-order valence-electron chi connectivity index (χ2n) is 7.07. The highest BCUT2D eigenvalue weighted by molar-refractivity contribution is 5.75. The third-order valence-corrected chi connectivity index (χ3v) is 5.15. The molecule has 1 heterocycles. The van der Waals surface area contributed by atoms with Gasteiger partial charge in [-0.3, -0.25) is 4.90 Å². The number of carbonyl (C=O) groups is 1. The zero-order valence-electron chi connectivity index (χ0n) is 16.0. The van der Waals surface area contributed by atoms with Gasteiger partial charge in [-0.15, -0.1) is 0 Å². The number of hydrogen-bond donors (Lipinski definition) is 2. The summed E-state index contributed by atoms with van der Waals surface area (Å²) in [5, 5.41) is 12.0. The Morgan fingerprint density at radius 3 is 2.26 bits per heavy atom. The molecule has 0 unspecified atom stereocenters.